The molecule has 4 aromatic rings. The zero-order valence-corrected chi connectivity index (χ0v) is 13.8. The van der Waals surface area contributed by atoms with Gasteiger partial charge in [0.05, 0.1) is 22.8 Å². The first-order chi connectivity index (χ1) is 12.2. The van der Waals surface area contributed by atoms with Crippen molar-refractivity contribution < 1.29 is 9.50 Å². The fourth-order valence-corrected chi connectivity index (χ4v) is 3.15. The van der Waals surface area contributed by atoms with Crippen LogP contribution in [0, 0.1) is 5.82 Å². The maximum Gasteiger partial charge on any atom is 0.147 e. The summed E-state index contributed by atoms with van der Waals surface area (Å²) >= 11 is 0. The maximum absolute atomic E-state index is 13.3. The van der Waals surface area contributed by atoms with Crippen molar-refractivity contribution in [3.05, 3.63) is 78.5 Å². The topological polar surface area (TPSA) is 38.0 Å². The second kappa shape index (κ2) is 6.06. The van der Waals surface area contributed by atoms with Gasteiger partial charge in [0.15, 0.2) is 0 Å². The number of aromatic hydroxyl groups is 1. The van der Waals surface area contributed by atoms with Crippen molar-refractivity contribution in [2.75, 3.05) is 0 Å². The van der Waals surface area contributed by atoms with Gasteiger partial charge in [0.2, 0.25) is 0 Å². The molecule has 25 heavy (non-hydrogen) atoms. The SMILES string of the molecule is CCc1ncc2c(c(-c3ccccc3)cn2-c2ccc(F)cc2)c1O. The third kappa shape index (κ3) is 2.56. The summed E-state index contributed by atoms with van der Waals surface area (Å²) in [5, 5.41) is 11.5. The first-order valence-corrected chi connectivity index (χ1v) is 8.22. The lowest BCUT2D eigenvalue weighted by molar-refractivity contribution is 0.472. The van der Waals surface area contributed by atoms with Crippen molar-refractivity contribution in [1.82, 2.24) is 9.55 Å². The fourth-order valence-electron chi connectivity index (χ4n) is 3.15. The monoisotopic (exact) mass is 332 g/mol. The van der Waals surface area contributed by atoms with E-state index in [9.17, 15) is 9.50 Å². The normalized spacial score (nSPS) is 11.1. The summed E-state index contributed by atoms with van der Waals surface area (Å²) in [6.07, 6.45) is 4.38. The lowest BCUT2D eigenvalue weighted by Crippen LogP contribution is -1.94. The van der Waals surface area contributed by atoms with Gasteiger partial charge in [0.25, 0.3) is 0 Å². The Kier molecular flexibility index (Phi) is 3.73. The molecular formula is C21H17FN2O. The van der Waals surface area contributed by atoms with Gasteiger partial charge in [0.1, 0.15) is 11.6 Å². The van der Waals surface area contributed by atoms with Crippen LogP contribution in [0.4, 0.5) is 4.39 Å². The van der Waals surface area contributed by atoms with Crippen LogP contribution in [-0.4, -0.2) is 14.7 Å². The largest absolute Gasteiger partial charge is 0.505 e. The number of hydrogen-bond acceptors (Lipinski definition) is 2. The van der Waals surface area contributed by atoms with E-state index in [1.54, 1.807) is 18.3 Å². The third-order valence-corrected chi connectivity index (χ3v) is 4.42. The van der Waals surface area contributed by atoms with Crippen molar-refractivity contribution in [1.29, 1.82) is 0 Å². The fraction of sp³-hybridized carbons (Fsp3) is 0.0952. The molecule has 4 heteroatoms. The number of aryl methyl sites for hydroxylation is 1. The number of rotatable bonds is 3. The van der Waals surface area contributed by atoms with E-state index in [-0.39, 0.29) is 11.6 Å². The number of nitrogens with zero attached hydrogens (tertiary/aromatic N) is 2. The second-order valence-electron chi connectivity index (χ2n) is 5.92. The number of fused-ring (bicyclic) bond motifs is 1. The van der Waals surface area contributed by atoms with Crippen LogP contribution in [0.25, 0.3) is 27.7 Å². The van der Waals surface area contributed by atoms with Gasteiger partial charge in [-0.25, -0.2) is 4.39 Å². The molecule has 3 nitrogen and oxygen atoms in total. The van der Waals surface area contributed by atoms with Crippen LogP contribution in [0.3, 0.4) is 0 Å². The second-order valence-corrected chi connectivity index (χ2v) is 5.92. The number of hydrogen-bond donors (Lipinski definition) is 1. The van der Waals surface area contributed by atoms with Crippen molar-refractivity contribution in [3.63, 3.8) is 0 Å². The molecule has 0 aliphatic rings. The van der Waals surface area contributed by atoms with Crippen LogP contribution in [0.2, 0.25) is 0 Å². The van der Waals surface area contributed by atoms with E-state index in [1.807, 2.05) is 48.0 Å². The molecule has 0 spiro atoms. The molecule has 2 aromatic heterocycles. The molecule has 0 radical (unpaired) electrons. The number of benzene rings is 2. The quantitative estimate of drug-likeness (QED) is 0.567. The van der Waals surface area contributed by atoms with Crippen molar-refractivity contribution in [2.24, 2.45) is 0 Å². The van der Waals surface area contributed by atoms with Crippen LogP contribution >= 0.6 is 0 Å². The summed E-state index contributed by atoms with van der Waals surface area (Å²) in [5.41, 5.74) is 4.21. The maximum atomic E-state index is 13.3. The predicted molar refractivity (Wildman–Crippen MR) is 97.5 cm³/mol. The molecule has 0 aliphatic heterocycles. The van der Waals surface area contributed by atoms with Crippen molar-refractivity contribution in [2.45, 2.75) is 13.3 Å². The third-order valence-electron chi connectivity index (χ3n) is 4.42. The average Bonchev–Trinajstić information content (AvgIpc) is 3.04. The summed E-state index contributed by atoms with van der Waals surface area (Å²) in [6, 6.07) is 16.2. The molecule has 0 unspecified atom stereocenters. The van der Waals surface area contributed by atoms with Gasteiger partial charge >= 0.3 is 0 Å². The van der Waals surface area contributed by atoms with Crippen molar-refractivity contribution in [3.8, 4) is 22.6 Å². The highest BCUT2D eigenvalue weighted by atomic mass is 19.1. The molecule has 124 valence electrons. The smallest absolute Gasteiger partial charge is 0.147 e. The van der Waals surface area contributed by atoms with Gasteiger partial charge in [-0.2, -0.15) is 0 Å². The molecule has 0 aliphatic carbocycles. The number of halogens is 1. The molecule has 0 fully saturated rings. The zero-order chi connectivity index (χ0) is 17.4. The summed E-state index contributed by atoms with van der Waals surface area (Å²) in [4.78, 5) is 4.39. The molecule has 2 heterocycles. The summed E-state index contributed by atoms with van der Waals surface area (Å²) in [5.74, 6) is -0.0718. The molecule has 1 N–H and O–H groups in total. The highest BCUT2D eigenvalue weighted by Crippen LogP contribution is 2.38. The van der Waals surface area contributed by atoms with E-state index in [0.717, 1.165) is 27.7 Å². The van der Waals surface area contributed by atoms with Gasteiger partial charge < -0.3 is 9.67 Å². The van der Waals surface area contributed by atoms with Gasteiger partial charge in [-0.05, 0) is 36.2 Å². The van der Waals surface area contributed by atoms with E-state index in [4.69, 9.17) is 0 Å². The minimum absolute atomic E-state index is 0.208. The Balaban J connectivity index is 2.05. The number of aromatic nitrogens is 2. The average molecular weight is 332 g/mol. The van der Waals surface area contributed by atoms with Crippen LogP contribution < -0.4 is 0 Å². The van der Waals surface area contributed by atoms with Gasteiger partial charge in [-0.15, -0.1) is 0 Å². The van der Waals surface area contributed by atoms with Crippen LogP contribution in [-0.2, 0) is 6.42 Å². The van der Waals surface area contributed by atoms with Gasteiger partial charge in [-0.3, -0.25) is 4.98 Å². The molecule has 0 saturated carbocycles. The summed E-state index contributed by atoms with van der Waals surface area (Å²) in [7, 11) is 0. The molecule has 0 saturated heterocycles. The standard InChI is InChI=1S/C21H17FN2O/c1-2-18-21(25)20-17(14-6-4-3-5-7-14)13-24(19(20)12-23-18)16-10-8-15(22)9-11-16/h3-13,25H,2H2,1H3. The lowest BCUT2D eigenvalue weighted by Gasteiger charge is -2.07. The van der Waals surface area contributed by atoms with Crippen LogP contribution in [0.5, 0.6) is 5.75 Å². The van der Waals surface area contributed by atoms with E-state index >= 15 is 0 Å². The summed E-state index contributed by atoms with van der Waals surface area (Å²) < 4.78 is 15.2. The highest BCUT2D eigenvalue weighted by molar-refractivity contribution is 6.01. The first-order valence-electron chi connectivity index (χ1n) is 8.22. The molecule has 0 amide bonds. The minimum Gasteiger partial charge on any atom is -0.505 e. The van der Waals surface area contributed by atoms with E-state index in [1.165, 1.54) is 12.1 Å². The summed E-state index contributed by atoms with van der Waals surface area (Å²) in [6.45, 7) is 1.97. The van der Waals surface area contributed by atoms with Crippen LogP contribution in [0.15, 0.2) is 67.0 Å². The molecule has 0 bridgehead atoms. The first kappa shape index (κ1) is 15.4. The van der Waals surface area contributed by atoms with Gasteiger partial charge in [-0.1, -0.05) is 37.3 Å². The zero-order valence-electron chi connectivity index (χ0n) is 13.8. The number of pyridine rings is 1. The van der Waals surface area contributed by atoms with Gasteiger partial charge in [0, 0.05) is 17.4 Å². The van der Waals surface area contributed by atoms with E-state index in [0.29, 0.717) is 12.1 Å². The molecule has 4 rings (SSSR count). The van der Waals surface area contributed by atoms with E-state index in [2.05, 4.69) is 4.98 Å². The predicted octanol–water partition coefficient (Wildman–Crippen LogP) is 5.10. The highest BCUT2D eigenvalue weighted by Gasteiger charge is 2.17. The Morgan fingerprint density at radius 2 is 1.76 bits per heavy atom. The Labute approximate surface area is 145 Å². The minimum atomic E-state index is -0.280. The van der Waals surface area contributed by atoms with Crippen LogP contribution in [0.1, 0.15) is 12.6 Å². The molecule has 0 atom stereocenters. The Morgan fingerprint density at radius 3 is 2.44 bits per heavy atom. The lowest BCUT2D eigenvalue weighted by atomic mass is 10.0. The Morgan fingerprint density at radius 1 is 1.04 bits per heavy atom. The van der Waals surface area contributed by atoms with E-state index < -0.39 is 0 Å². The molecular weight excluding hydrogens is 315 g/mol. The van der Waals surface area contributed by atoms with Crippen molar-refractivity contribution >= 4 is 10.9 Å². The Hall–Kier alpha value is -3.14. The molecule has 2 aromatic carbocycles. The Bertz CT molecular complexity index is 1040.